The minimum Gasteiger partial charge on any atom is -0.497 e. The van der Waals surface area contributed by atoms with Gasteiger partial charge in [0.1, 0.15) is 28.7 Å². The first-order valence-electron chi connectivity index (χ1n) is 45.1. The number of ether oxygens (including phenoxy) is 5. The highest BCUT2D eigenvalue weighted by molar-refractivity contribution is 7.13. The van der Waals surface area contributed by atoms with Crippen LogP contribution in [0.25, 0.3) is 85.1 Å². The summed E-state index contributed by atoms with van der Waals surface area (Å²) in [6.07, 6.45) is 0. The second-order valence-corrected chi connectivity index (χ2v) is 35.9. The number of aryl methyl sites for hydroxylation is 2. The lowest BCUT2D eigenvalue weighted by Gasteiger charge is -2.18. The molecule has 0 aliphatic carbocycles. The van der Waals surface area contributed by atoms with Crippen molar-refractivity contribution in [2.24, 2.45) is 0 Å². The minimum atomic E-state index is -0.245. The van der Waals surface area contributed by atoms with E-state index in [1.165, 1.54) is 64.0 Å². The zero-order valence-electron chi connectivity index (χ0n) is 79.6. The quantitative estimate of drug-likeness (QED) is 0.0241. The van der Waals surface area contributed by atoms with Crippen LogP contribution in [0.15, 0.2) is 284 Å². The molecule has 0 spiro atoms. The van der Waals surface area contributed by atoms with Crippen molar-refractivity contribution in [2.45, 2.75) is 106 Å². The molecule has 0 saturated heterocycles. The number of fused-ring (bicyclic) bond motifs is 5. The van der Waals surface area contributed by atoms with Gasteiger partial charge < -0.3 is 50.3 Å². The summed E-state index contributed by atoms with van der Waals surface area (Å²) in [5.74, 6) is 8.45. The number of hydrogen-bond acceptors (Lipinski definition) is 26. The molecule has 718 valence electrons. The average molecular weight is 1930 g/mol. The van der Waals surface area contributed by atoms with Gasteiger partial charge in [0.15, 0.2) is 29.1 Å². The van der Waals surface area contributed by atoms with Gasteiger partial charge in [0.2, 0.25) is 0 Å². The first-order chi connectivity index (χ1) is 68.0. The molecule has 10 N–H and O–H groups in total. The SMILES string of the molecule is CC(C)(C)c1ccc(-c2nc3nc(CNc4ccc(Cl)cc4)cc(=O)n3[nH]2)cc1.CCOc1ccc(NCc2cc(=O)n3[nH]c(-c4ccc(C(C)(C)C)cc4)nc3n2)cc1.COc1ccc(-c2nc3nc(CNc4ccc(OC)cc4OC)cc(=O)n3[nH]2)cc1.COc1ccc(NCc2cc(=O)n3[nH]c(-c4cccc(C)c4)nc3n2)cc1.Cc1ccccc1NCc1cc(=O)n2[nH]c(-c3cccs3)nc2n1. The van der Waals surface area contributed by atoms with Gasteiger partial charge in [-0.25, -0.2) is 24.9 Å². The van der Waals surface area contributed by atoms with Crippen LogP contribution >= 0.6 is 22.9 Å². The Kier molecular flexibility index (Phi) is 29.8. The smallest absolute Gasteiger partial charge is 0.274 e. The summed E-state index contributed by atoms with van der Waals surface area (Å²) < 4.78 is 33.1. The highest BCUT2D eigenvalue weighted by Gasteiger charge is 2.21. The number of aromatic amines is 5. The number of nitrogens with zero attached hydrogens (tertiary/aromatic N) is 15. The van der Waals surface area contributed by atoms with Crippen molar-refractivity contribution in [2.75, 3.05) is 61.6 Å². The Bertz CT molecular complexity index is 8060. The predicted octanol–water partition coefficient (Wildman–Crippen LogP) is 17.8. The van der Waals surface area contributed by atoms with Crippen molar-refractivity contribution in [3.05, 3.63) is 368 Å². The Morgan fingerprint density at radius 2 is 0.688 bits per heavy atom. The fourth-order valence-electron chi connectivity index (χ4n) is 14.7. The molecule has 37 heteroatoms. The minimum absolute atomic E-state index is 0.0795. The highest BCUT2D eigenvalue weighted by Crippen LogP contribution is 2.33. The monoisotopic (exact) mass is 1930 g/mol. The molecule has 11 heterocycles. The third-order valence-corrected chi connectivity index (χ3v) is 23.5. The molecule has 35 nitrogen and oxygen atoms in total. The molecular formula is C104H104ClN25O10S. The number of H-pyrrole nitrogens is 5. The van der Waals surface area contributed by atoms with E-state index in [9.17, 15) is 24.0 Å². The van der Waals surface area contributed by atoms with E-state index in [0.717, 1.165) is 83.9 Å². The molecule has 0 aliphatic heterocycles. The number of para-hydroxylation sites is 1. The maximum absolute atomic E-state index is 12.6. The number of nitrogens with one attached hydrogen (secondary N) is 10. The highest BCUT2D eigenvalue weighted by atomic mass is 35.5. The molecule has 0 unspecified atom stereocenters. The van der Waals surface area contributed by atoms with Crippen molar-refractivity contribution in [1.29, 1.82) is 0 Å². The van der Waals surface area contributed by atoms with Crippen LogP contribution in [0.1, 0.15) is 99.2 Å². The summed E-state index contributed by atoms with van der Waals surface area (Å²) in [5, 5.41) is 34.0. The van der Waals surface area contributed by atoms with Gasteiger partial charge in [-0.1, -0.05) is 150 Å². The Labute approximate surface area is 817 Å². The van der Waals surface area contributed by atoms with Crippen molar-refractivity contribution in [3.63, 3.8) is 0 Å². The van der Waals surface area contributed by atoms with Crippen LogP contribution in [0.2, 0.25) is 5.02 Å². The van der Waals surface area contributed by atoms with Crippen LogP contribution in [-0.4, -0.2) is 133 Å². The molecule has 20 rings (SSSR count). The van der Waals surface area contributed by atoms with Crippen LogP contribution in [0, 0.1) is 13.8 Å². The first-order valence-corrected chi connectivity index (χ1v) is 46.3. The van der Waals surface area contributed by atoms with Crippen molar-refractivity contribution < 1.29 is 23.7 Å². The van der Waals surface area contributed by atoms with E-state index < -0.39 is 0 Å². The van der Waals surface area contributed by atoms with Crippen LogP contribution in [0.5, 0.6) is 28.7 Å². The van der Waals surface area contributed by atoms with E-state index in [1.54, 1.807) is 58.0 Å². The zero-order valence-corrected chi connectivity index (χ0v) is 81.2. The lowest BCUT2D eigenvalue weighted by molar-refractivity contribution is 0.340. The summed E-state index contributed by atoms with van der Waals surface area (Å²) in [7, 11) is 6.42. The maximum atomic E-state index is 12.6. The standard InChI is InChI=1S/C24H27N5O2.C22H22ClN5O.C21H21N5O4.C20H19N5O2.C17H15N5OS/c1-5-31-20-12-10-18(11-13-20)25-15-19-14-21(30)29-23(26-19)27-22(28-29)16-6-8-17(9-7-16)24(2,3)4;1-22(2,3)15-6-4-14(5-7-15)20-26-21-25-18(12-19(29)28(21)27-20)13-24-17-10-8-16(23)9-11-17;1-28-15-6-4-13(5-7-15)20-24-21-23-14(10-19(27)26(21)25-20)12-22-17-9-8-16(29-2)11-18(17)30-3;1-13-4-3-5-14(10-13)19-23-20-22-16(11-18(26)25(20)24-19)12-21-15-6-8-17(27-2)9-7-15;1-11-5-2-3-6-13(11)18-10-12-9-15(23)22-17(19-12)20-16(21-22)14-7-4-8-24-14/h6-14,25H,5,15H2,1-4H3,(H,26,27,28);4-12,24H,13H2,1-3H3,(H,25,26,27);4-11,22H,12H2,1-3H3,(H,23,24,25);3-11,21H,12H2,1-2H3,(H,22,23,24);2-9,18H,10H2,1H3,(H,19,20,21). The van der Waals surface area contributed by atoms with Gasteiger partial charge in [-0.15, -0.1) is 11.3 Å². The molecule has 11 aromatic heterocycles. The van der Waals surface area contributed by atoms with E-state index >= 15 is 0 Å². The third kappa shape index (κ3) is 24.2. The molecule has 9 aromatic carbocycles. The van der Waals surface area contributed by atoms with Crippen molar-refractivity contribution in [1.82, 2.24) is 97.9 Å². The molecule has 0 atom stereocenters. The Hall–Kier alpha value is -17.3. The maximum Gasteiger partial charge on any atom is 0.274 e. The summed E-state index contributed by atoms with van der Waals surface area (Å²) in [6.45, 7) is 21.7. The van der Waals surface area contributed by atoms with Gasteiger partial charge in [-0.05, 0) is 181 Å². The largest absolute Gasteiger partial charge is 0.497 e. The topological polar surface area (TPSA) is 422 Å². The number of halogens is 1. The molecule has 0 fully saturated rings. The Morgan fingerprint density at radius 3 is 1.06 bits per heavy atom. The van der Waals surface area contributed by atoms with Crippen LogP contribution in [0.4, 0.5) is 28.4 Å². The molecule has 0 saturated carbocycles. The van der Waals surface area contributed by atoms with Crippen molar-refractivity contribution in [3.8, 4) is 85.0 Å². The van der Waals surface area contributed by atoms with E-state index in [0.29, 0.717) is 142 Å². The summed E-state index contributed by atoms with van der Waals surface area (Å²) in [5.41, 5.74) is 15.1. The predicted molar refractivity (Wildman–Crippen MR) is 551 cm³/mol. The molecule has 141 heavy (non-hydrogen) atoms. The molecular weight excluding hydrogens is 1830 g/mol. The van der Waals surface area contributed by atoms with Crippen LogP contribution < -0.4 is 78.1 Å². The van der Waals surface area contributed by atoms with Gasteiger partial charge in [-0.2, -0.15) is 47.5 Å². The number of thiophene rings is 1. The molecule has 0 bridgehead atoms. The second kappa shape index (κ2) is 43.4. The third-order valence-electron chi connectivity index (χ3n) is 22.4. The average Bonchev–Trinajstić information content (AvgIpc) is 2.38. The molecule has 20 aromatic rings. The summed E-state index contributed by atoms with van der Waals surface area (Å²) in [6, 6.07) is 79.2. The fraction of sp³-hybridized carbons (Fsp3) is 0.202. The van der Waals surface area contributed by atoms with Gasteiger partial charge in [0.05, 0.1) is 107 Å². The lowest BCUT2D eigenvalue weighted by Crippen LogP contribution is -2.17. The number of benzene rings is 9. The lowest BCUT2D eigenvalue weighted by atomic mass is 9.87. The zero-order chi connectivity index (χ0) is 99.0. The van der Waals surface area contributed by atoms with Gasteiger partial charge >= 0.3 is 0 Å². The van der Waals surface area contributed by atoms with Crippen LogP contribution in [0.3, 0.4) is 0 Å². The van der Waals surface area contributed by atoms with Crippen LogP contribution in [-0.2, 0) is 43.6 Å². The Balaban J connectivity index is 0.000000127. The molecule has 0 radical (unpaired) electrons. The summed E-state index contributed by atoms with van der Waals surface area (Å²) >= 11 is 7.46. The fourth-order valence-corrected chi connectivity index (χ4v) is 15.5. The van der Waals surface area contributed by atoms with Gasteiger partial charge in [0, 0.05) is 86.4 Å². The van der Waals surface area contributed by atoms with E-state index in [-0.39, 0.29) is 38.6 Å². The number of aromatic nitrogens is 20. The number of rotatable bonds is 26. The molecule has 0 aliphatic rings. The van der Waals surface area contributed by atoms with Crippen molar-refractivity contribution >= 4 is 80.3 Å². The number of methoxy groups -OCH3 is 4. The first kappa shape index (κ1) is 96.8. The Morgan fingerprint density at radius 1 is 0.333 bits per heavy atom. The second-order valence-electron chi connectivity index (χ2n) is 34.5. The number of anilines is 5. The number of hydrogen-bond donors (Lipinski definition) is 10. The summed E-state index contributed by atoms with van der Waals surface area (Å²) in [4.78, 5) is 108. The van der Waals surface area contributed by atoms with Gasteiger partial charge in [0.25, 0.3) is 56.7 Å². The van der Waals surface area contributed by atoms with E-state index in [1.807, 2.05) is 208 Å². The van der Waals surface area contributed by atoms with E-state index in [4.69, 9.17) is 35.3 Å². The van der Waals surface area contributed by atoms with Gasteiger partial charge in [-0.3, -0.25) is 49.5 Å². The normalized spacial score (nSPS) is 11.2. The van der Waals surface area contributed by atoms with E-state index in [2.05, 4.69) is 168 Å². The molecule has 0 amide bonds.